The maximum Gasteiger partial charge on any atom is 0.258 e. The van der Waals surface area contributed by atoms with Crippen molar-refractivity contribution in [2.45, 2.75) is 6.92 Å². The highest BCUT2D eigenvalue weighted by Gasteiger charge is 2.09. The van der Waals surface area contributed by atoms with Gasteiger partial charge in [-0.25, -0.2) is 4.52 Å². The molecular weight excluding hydrogens is 240 g/mol. The number of benzene rings is 1. The van der Waals surface area contributed by atoms with Crippen molar-refractivity contribution in [1.29, 1.82) is 0 Å². The number of fused-ring (bicyclic) bond motifs is 1. The second-order valence-corrected chi connectivity index (χ2v) is 4.26. The van der Waals surface area contributed by atoms with Crippen molar-refractivity contribution in [1.82, 2.24) is 14.6 Å². The Hall–Kier alpha value is -2.69. The molecule has 2 heterocycles. The lowest BCUT2D eigenvalue weighted by Crippen LogP contribution is -2.12. The number of hydrogen-bond acceptors (Lipinski definition) is 3. The van der Waals surface area contributed by atoms with Crippen LogP contribution < -0.4 is 5.32 Å². The fraction of sp³-hybridized carbons (Fsp3) is 0.0714. The molecule has 0 unspecified atom stereocenters. The Balaban J connectivity index is 1.87. The number of nitrogens with one attached hydrogen (secondary N) is 1. The van der Waals surface area contributed by atoms with Crippen LogP contribution in [0.4, 0.5) is 5.95 Å². The molecule has 1 amide bonds. The molecule has 0 aliphatic carbocycles. The van der Waals surface area contributed by atoms with Crippen LogP contribution in [0.25, 0.3) is 5.65 Å². The number of carbonyl (C=O) groups is 1. The van der Waals surface area contributed by atoms with Crippen LogP contribution in [0.1, 0.15) is 15.9 Å². The molecule has 0 saturated heterocycles. The van der Waals surface area contributed by atoms with Gasteiger partial charge in [-0.2, -0.15) is 4.98 Å². The van der Waals surface area contributed by atoms with E-state index in [1.807, 2.05) is 43.5 Å². The number of amides is 1. The van der Waals surface area contributed by atoms with E-state index in [0.717, 1.165) is 5.56 Å². The first-order chi connectivity index (χ1) is 9.22. The lowest BCUT2D eigenvalue weighted by atomic mass is 10.2. The van der Waals surface area contributed by atoms with Crippen molar-refractivity contribution in [2.24, 2.45) is 0 Å². The normalized spacial score (nSPS) is 10.6. The third kappa shape index (κ3) is 2.30. The summed E-state index contributed by atoms with van der Waals surface area (Å²) in [4.78, 5) is 16.2. The molecule has 0 bridgehead atoms. The van der Waals surface area contributed by atoms with Crippen molar-refractivity contribution in [3.8, 4) is 0 Å². The van der Waals surface area contributed by atoms with Gasteiger partial charge in [-0.05, 0) is 36.8 Å². The van der Waals surface area contributed by atoms with Gasteiger partial charge in [0.15, 0.2) is 5.65 Å². The molecule has 0 aliphatic heterocycles. The molecular formula is C14H12N4O. The van der Waals surface area contributed by atoms with Crippen LogP contribution in [0.15, 0.2) is 48.7 Å². The highest BCUT2D eigenvalue weighted by Crippen LogP contribution is 2.09. The minimum Gasteiger partial charge on any atom is -0.289 e. The van der Waals surface area contributed by atoms with Crippen LogP contribution in [-0.4, -0.2) is 20.5 Å². The van der Waals surface area contributed by atoms with Gasteiger partial charge in [-0.1, -0.05) is 18.2 Å². The van der Waals surface area contributed by atoms with E-state index < -0.39 is 0 Å². The van der Waals surface area contributed by atoms with Gasteiger partial charge in [0.25, 0.3) is 5.91 Å². The predicted molar refractivity (Wildman–Crippen MR) is 72.1 cm³/mol. The van der Waals surface area contributed by atoms with Crippen LogP contribution in [-0.2, 0) is 0 Å². The molecule has 94 valence electrons. The number of aromatic nitrogens is 3. The molecule has 1 aromatic carbocycles. The Bertz CT molecular complexity index is 734. The summed E-state index contributed by atoms with van der Waals surface area (Å²) in [6, 6.07) is 12.8. The first-order valence-electron chi connectivity index (χ1n) is 5.92. The molecule has 1 N–H and O–H groups in total. The molecule has 3 aromatic rings. The van der Waals surface area contributed by atoms with Gasteiger partial charge < -0.3 is 0 Å². The Morgan fingerprint density at radius 3 is 2.79 bits per heavy atom. The van der Waals surface area contributed by atoms with Gasteiger partial charge in [0.1, 0.15) is 0 Å². The first kappa shape index (κ1) is 11.4. The lowest BCUT2D eigenvalue weighted by Gasteiger charge is -1.99. The summed E-state index contributed by atoms with van der Waals surface area (Å²) in [7, 11) is 0. The third-order valence-electron chi connectivity index (χ3n) is 2.75. The summed E-state index contributed by atoms with van der Waals surface area (Å²) in [5.74, 6) is 0.0904. The highest BCUT2D eigenvalue weighted by molar-refractivity contribution is 6.03. The zero-order chi connectivity index (χ0) is 13.2. The van der Waals surface area contributed by atoms with E-state index in [-0.39, 0.29) is 5.91 Å². The topological polar surface area (TPSA) is 59.3 Å². The number of nitrogens with zero attached hydrogens (tertiary/aromatic N) is 3. The molecule has 0 saturated carbocycles. The van der Waals surface area contributed by atoms with Gasteiger partial charge in [0, 0.05) is 11.8 Å². The molecule has 0 fully saturated rings. The van der Waals surface area contributed by atoms with Crippen LogP contribution in [0.2, 0.25) is 0 Å². The number of hydrogen-bond donors (Lipinski definition) is 1. The maximum atomic E-state index is 12.0. The van der Waals surface area contributed by atoms with E-state index in [4.69, 9.17) is 0 Å². The fourth-order valence-corrected chi connectivity index (χ4v) is 1.80. The molecule has 5 heteroatoms. The van der Waals surface area contributed by atoms with Gasteiger partial charge in [0.2, 0.25) is 5.95 Å². The van der Waals surface area contributed by atoms with Gasteiger partial charge in [-0.3, -0.25) is 10.1 Å². The van der Waals surface area contributed by atoms with Crippen molar-refractivity contribution < 1.29 is 4.79 Å². The van der Waals surface area contributed by atoms with E-state index in [0.29, 0.717) is 17.2 Å². The second kappa shape index (κ2) is 4.53. The van der Waals surface area contributed by atoms with Crippen molar-refractivity contribution in [3.63, 3.8) is 0 Å². The number of pyridine rings is 1. The van der Waals surface area contributed by atoms with Crippen molar-refractivity contribution in [2.75, 3.05) is 5.32 Å². The van der Waals surface area contributed by atoms with Gasteiger partial charge in [0.05, 0.1) is 0 Å². The molecule has 0 atom stereocenters. The largest absolute Gasteiger partial charge is 0.289 e. The third-order valence-corrected chi connectivity index (χ3v) is 2.75. The molecule has 3 rings (SSSR count). The first-order valence-corrected chi connectivity index (χ1v) is 5.92. The average Bonchev–Trinajstić information content (AvgIpc) is 2.81. The van der Waals surface area contributed by atoms with Gasteiger partial charge >= 0.3 is 0 Å². The van der Waals surface area contributed by atoms with E-state index in [2.05, 4.69) is 15.4 Å². The SMILES string of the molecule is Cc1ccn2nc(NC(=O)c3ccccc3)nc2c1. The van der Waals surface area contributed by atoms with Crippen LogP contribution >= 0.6 is 0 Å². The Kier molecular flexibility index (Phi) is 2.72. The zero-order valence-electron chi connectivity index (χ0n) is 10.4. The van der Waals surface area contributed by atoms with E-state index in [1.165, 1.54) is 0 Å². The number of aryl methyl sites for hydroxylation is 1. The summed E-state index contributed by atoms with van der Waals surface area (Å²) in [6.07, 6.45) is 1.82. The number of carbonyl (C=O) groups excluding carboxylic acids is 1. The quantitative estimate of drug-likeness (QED) is 0.761. The minimum atomic E-state index is -0.215. The molecule has 2 aromatic heterocycles. The average molecular weight is 252 g/mol. The van der Waals surface area contributed by atoms with Crippen LogP contribution in [0.3, 0.4) is 0 Å². The zero-order valence-corrected chi connectivity index (χ0v) is 10.4. The molecule has 19 heavy (non-hydrogen) atoms. The second-order valence-electron chi connectivity index (χ2n) is 4.26. The Morgan fingerprint density at radius 1 is 1.21 bits per heavy atom. The molecule has 0 radical (unpaired) electrons. The smallest absolute Gasteiger partial charge is 0.258 e. The van der Waals surface area contributed by atoms with Crippen LogP contribution in [0.5, 0.6) is 0 Å². The fourth-order valence-electron chi connectivity index (χ4n) is 1.80. The van der Waals surface area contributed by atoms with Crippen LogP contribution in [0, 0.1) is 6.92 Å². The Morgan fingerprint density at radius 2 is 2.00 bits per heavy atom. The summed E-state index contributed by atoms with van der Waals surface area (Å²) in [5.41, 5.74) is 2.39. The summed E-state index contributed by atoms with van der Waals surface area (Å²) < 4.78 is 1.63. The minimum absolute atomic E-state index is 0.215. The Labute approximate surface area is 109 Å². The molecule has 0 spiro atoms. The lowest BCUT2D eigenvalue weighted by molar-refractivity contribution is 0.102. The number of anilines is 1. The summed E-state index contributed by atoms with van der Waals surface area (Å²) in [5, 5.41) is 6.88. The summed E-state index contributed by atoms with van der Waals surface area (Å²) in [6.45, 7) is 1.98. The highest BCUT2D eigenvalue weighted by atomic mass is 16.1. The number of rotatable bonds is 2. The maximum absolute atomic E-state index is 12.0. The predicted octanol–water partition coefficient (Wildman–Crippen LogP) is 2.29. The van der Waals surface area contributed by atoms with E-state index >= 15 is 0 Å². The van der Waals surface area contributed by atoms with Crippen molar-refractivity contribution >= 4 is 17.5 Å². The summed E-state index contributed by atoms with van der Waals surface area (Å²) >= 11 is 0. The monoisotopic (exact) mass is 252 g/mol. The van der Waals surface area contributed by atoms with Gasteiger partial charge in [-0.15, -0.1) is 5.10 Å². The van der Waals surface area contributed by atoms with E-state index in [1.54, 1.807) is 16.6 Å². The van der Waals surface area contributed by atoms with E-state index in [9.17, 15) is 4.79 Å². The molecule has 5 nitrogen and oxygen atoms in total. The standard InChI is InChI=1S/C14H12N4O/c1-10-7-8-18-12(9-10)15-14(17-18)16-13(19)11-5-3-2-4-6-11/h2-9H,1H3,(H,16,17,19). The molecule has 0 aliphatic rings. The van der Waals surface area contributed by atoms with Crippen molar-refractivity contribution in [3.05, 3.63) is 59.8 Å².